The van der Waals surface area contributed by atoms with Crippen LogP contribution in [0.1, 0.15) is 40.5 Å². The monoisotopic (exact) mass is 258 g/mol. The molecule has 0 bridgehead atoms. The van der Waals surface area contributed by atoms with Crippen LogP contribution in [0.2, 0.25) is 0 Å². The standard InChI is InChI=1S/C14H30N2O2/c1-7-9-12(14(17)18-8-2)15-13(11(3)4)10-16(5)6/h11-13,15H,7-10H2,1-6H3. The largest absolute Gasteiger partial charge is 0.465 e. The average Bonchev–Trinajstić information content (AvgIpc) is 2.26. The van der Waals surface area contributed by atoms with Gasteiger partial charge >= 0.3 is 5.97 Å². The number of likely N-dealkylation sites (N-methyl/N-ethyl adjacent to an activating group) is 1. The van der Waals surface area contributed by atoms with E-state index in [1.54, 1.807) is 0 Å². The molecule has 0 rings (SSSR count). The van der Waals surface area contributed by atoms with Gasteiger partial charge < -0.3 is 15.0 Å². The quantitative estimate of drug-likeness (QED) is 0.641. The van der Waals surface area contributed by atoms with Gasteiger partial charge in [0.1, 0.15) is 6.04 Å². The lowest BCUT2D eigenvalue weighted by Crippen LogP contribution is -2.50. The summed E-state index contributed by atoms with van der Waals surface area (Å²) in [6.07, 6.45) is 1.80. The SMILES string of the molecule is CCCC(NC(CN(C)C)C(C)C)C(=O)OCC. The van der Waals surface area contributed by atoms with Gasteiger partial charge in [0, 0.05) is 12.6 Å². The molecule has 2 unspecified atom stereocenters. The number of carbonyl (C=O) groups is 1. The number of esters is 1. The van der Waals surface area contributed by atoms with E-state index < -0.39 is 0 Å². The van der Waals surface area contributed by atoms with Crippen LogP contribution in [0.5, 0.6) is 0 Å². The maximum atomic E-state index is 11.9. The topological polar surface area (TPSA) is 41.6 Å². The Morgan fingerprint density at radius 3 is 2.28 bits per heavy atom. The lowest BCUT2D eigenvalue weighted by molar-refractivity contribution is -0.146. The van der Waals surface area contributed by atoms with E-state index in [1.165, 1.54) is 0 Å². The molecule has 0 aliphatic rings. The predicted molar refractivity (Wildman–Crippen MR) is 75.6 cm³/mol. The molecule has 0 aliphatic carbocycles. The smallest absolute Gasteiger partial charge is 0.323 e. The second kappa shape index (κ2) is 9.34. The third kappa shape index (κ3) is 6.97. The fourth-order valence-corrected chi connectivity index (χ4v) is 1.91. The lowest BCUT2D eigenvalue weighted by Gasteiger charge is -2.29. The Labute approximate surface area is 112 Å². The maximum absolute atomic E-state index is 11.9. The van der Waals surface area contributed by atoms with E-state index in [4.69, 9.17) is 4.74 Å². The van der Waals surface area contributed by atoms with Gasteiger partial charge in [0.2, 0.25) is 0 Å². The van der Waals surface area contributed by atoms with E-state index in [0.717, 1.165) is 19.4 Å². The van der Waals surface area contributed by atoms with E-state index >= 15 is 0 Å². The van der Waals surface area contributed by atoms with Gasteiger partial charge in [0.15, 0.2) is 0 Å². The first-order chi connectivity index (χ1) is 8.42. The highest BCUT2D eigenvalue weighted by Gasteiger charge is 2.24. The molecule has 0 heterocycles. The van der Waals surface area contributed by atoms with Gasteiger partial charge in [0.25, 0.3) is 0 Å². The summed E-state index contributed by atoms with van der Waals surface area (Å²) in [7, 11) is 4.10. The second-order valence-corrected chi connectivity index (χ2v) is 5.37. The molecular formula is C14H30N2O2. The number of nitrogens with zero attached hydrogens (tertiary/aromatic N) is 1. The summed E-state index contributed by atoms with van der Waals surface area (Å²) in [5, 5.41) is 3.45. The van der Waals surface area contributed by atoms with Crippen molar-refractivity contribution in [3.63, 3.8) is 0 Å². The summed E-state index contributed by atoms with van der Waals surface area (Å²) in [6.45, 7) is 9.66. The number of rotatable bonds is 9. The molecule has 0 saturated heterocycles. The molecular weight excluding hydrogens is 228 g/mol. The Bertz CT molecular complexity index is 230. The van der Waals surface area contributed by atoms with Crippen molar-refractivity contribution in [2.24, 2.45) is 5.92 Å². The van der Waals surface area contributed by atoms with Crippen LogP contribution in [0.4, 0.5) is 0 Å². The Balaban J connectivity index is 4.54. The molecule has 1 N–H and O–H groups in total. The molecule has 0 fully saturated rings. The Morgan fingerprint density at radius 2 is 1.89 bits per heavy atom. The molecule has 18 heavy (non-hydrogen) atoms. The molecule has 0 aromatic heterocycles. The zero-order chi connectivity index (χ0) is 14.1. The molecule has 0 spiro atoms. The number of hydrogen-bond donors (Lipinski definition) is 1. The highest BCUT2D eigenvalue weighted by atomic mass is 16.5. The normalized spacial score (nSPS) is 14.9. The molecule has 0 amide bonds. The lowest BCUT2D eigenvalue weighted by atomic mass is 10.0. The average molecular weight is 258 g/mol. The third-order valence-corrected chi connectivity index (χ3v) is 2.93. The molecule has 108 valence electrons. The van der Waals surface area contributed by atoms with Crippen LogP contribution < -0.4 is 5.32 Å². The molecule has 4 heteroatoms. The van der Waals surface area contributed by atoms with Crippen molar-refractivity contribution >= 4 is 5.97 Å². The maximum Gasteiger partial charge on any atom is 0.323 e. The van der Waals surface area contributed by atoms with Crippen LogP contribution in [0.15, 0.2) is 0 Å². The summed E-state index contributed by atoms with van der Waals surface area (Å²) in [6, 6.07) is 0.128. The van der Waals surface area contributed by atoms with Gasteiger partial charge in [-0.05, 0) is 33.4 Å². The number of hydrogen-bond acceptors (Lipinski definition) is 4. The summed E-state index contributed by atoms with van der Waals surface area (Å²) in [4.78, 5) is 14.0. The molecule has 0 radical (unpaired) electrons. The second-order valence-electron chi connectivity index (χ2n) is 5.37. The fourth-order valence-electron chi connectivity index (χ4n) is 1.91. The molecule has 2 atom stereocenters. The number of ether oxygens (including phenoxy) is 1. The summed E-state index contributed by atoms with van der Waals surface area (Å²) in [5.74, 6) is 0.366. The van der Waals surface area contributed by atoms with E-state index in [1.807, 2.05) is 6.92 Å². The van der Waals surface area contributed by atoms with Crippen LogP contribution >= 0.6 is 0 Å². The van der Waals surface area contributed by atoms with Crippen molar-refractivity contribution in [3.05, 3.63) is 0 Å². The van der Waals surface area contributed by atoms with E-state index in [0.29, 0.717) is 18.6 Å². The Kier molecular flexibility index (Phi) is 9.02. The third-order valence-electron chi connectivity index (χ3n) is 2.93. The molecule has 0 saturated carbocycles. The van der Waals surface area contributed by atoms with Crippen LogP contribution in [0.25, 0.3) is 0 Å². The summed E-state index contributed by atoms with van der Waals surface area (Å²) < 4.78 is 5.13. The van der Waals surface area contributed by atoms with Crippen molar-refractivity contribution < 1.29 is 9.53 Å². The van der Waals surface area contributed by atoms with Crippen LogP contribution in [-0.2, 0) is 9.53 Å². The first-order valence-electron chi connectivity index (χ1n) is 6.99. The summed E-state index contributed by atoms with van der Waals surface area (Å²) in [5.41, 5.74) is 0. The van der Waals surface area contributed by atoms with Crippen molar-refractivity contribution in [1.29, 1.82) is 0 Å². The van der Waals surface area contributed by atoms with E-state index in [-0.39, 0.29) is 12.0 Å². The van der Waals surface area contributed by atoms with Gasteiger partial charge in [-0.25, -0.2) is 0 Å². The van der Waals surface area contributed by atoms with Crippen molar-refractivity contribution in [2.45, 2.75) is 52.6 Å². The van der Waals surface area contributed by atoms with E-state index in [2.05, 4.69) is 45.1 Å². The minimum atomic E-state index is -0.178. The van der Waals surface area contributed by atoms with Crippen LogP contribution in [-0.4, -0.2) is 50.2 Å². The highest BCUT2D eigenvalue weighted by molar-refractivity contribution is 5.75. The summed E-state index contributed by atoms with van der Waals surface area (Å²) >= 11 is 0. The van der Waals surface area contributed by atoms with Crippen molar-refractivity contribution in [1.82, 2.24) is 10.2 Å². The predicted octanol–water partition coefficient (Wildman–Crippen LogP) is 1.89. The fraction of sp³-hybridized carbons (Fsp3) is 0.929. The van der Waals surface area contributed by atoms with Gasteiger partial charge in [-0.1, -0.05) is 27.2 Å². The van der Waals surface area contributed by atoms with Gasteiger partial charge in [-0.15, -0.1) is 0 Å². The Hall–Kier alpha value is -0.610. The minimum absolute atomic E-state index is 0.122. The minimum Gasteiger partial charge on any atom is -0.465 e. The van der Waals surface area contributed by atoms with Gasteiger partial charge in [0.05, 0.1) is 6.61 Å². The Morgan fingerprint density at radius 1 is 1.28 bits per heavy atom. The first kappa shape index (κ1) is 17.4. The van der Waals surface area contributed by atoms with Crippen molar-refractivity contribution in [2.75, 3.05) is 27.2 Å². The van der Waals surface area contributed by atoms with Crippen LogP contribution in [0.3, 0.4) is 0 Å². The zero-order valence-electron chi connectivity index (χ0n) is 12.8. The number of carbonyl (C=O) groups excluding carboxylic acids is 1. The molecule has 0 aromatic rings. The molecule has 0 aromatic carbocycles. The van der Waals surface area contributed by atoms with Crippen molar-refractivity contribution in [3.8, 4) is 0 Å². The van der Waals surface area contributed by atoms with Gasteiger partial charge in [-0.3, -0.25) is 4.79 Å². The molecule has 4 nitrogen and oxygen atoms in total. The van der Waals surface area contributed by atoms with Crippen LogP contribution in [0, 0.1) is 5.92 Å². The zero-order valence-corrected chi connectivity index (χ0v) is 12.8. The molecule has 0 aliphatic heterocycles. The first-order valence-corrected chi connectivity index (χ1v) is 6.99. The highest BCUT2D eigenvalue weighted by Crippen LogP contribution is 2.08. The number of nitrogens with one attached hydrogen (secondary N) is 1. The van der Waals surface area contributed by atoms with Gasteiger partial charge in [-0.2, -0.15) is 0 Å². The van der Waals surface area contributed by atoms with E-state index in [9.17, 15) is 4.79 Å².